The molecule has 66 valence electrons. The molecule has 0 aliphatic heterocycles. The van der Waals surface area contributed by atoms with E-state index in [1.165, 1.54) is 17.8 Å². The summed E-state index contributed by atoms with van der Waals surface area (Å²) in [4.78, 5) is 4.54. The number of aromatic nitrogens is 2. The fourth-order valence-corrected chi connectivity index (χ4v) is 2.05. The van der Waals surface area contributed by atoms with E-state index in [0.717, 1.165) is 24.2 Å². The molecule has 3 nitrogen and oxygen atoms in total. The van der Waals surface area contributed by atoms with E-state index in [1.807, 2.05) is 18.3 Å². The van der Waals surface area contributed by atoms with E-state index < -0.39 is 0 Å². The van der Waals surface area contributed by atoms with Gasteiger partial charge < -0.3 is 10.1 Å². The molecule has 2 heterocycles. The lowest BCUT2D eigenvalue weighted by Gasteiger charge is -1.98. The minimum absolute atomic E-state index is 0.805. The number of nitrogens with two attached hydrogens (primary N) is 1. The number of nitrogens with zero attached hydrogens (tertiary/aromatic N) is 2. The van der Waals surface area contributed by atoms with Crippen LogP contribution in [0.1, 0.15) is 17.8 Å². The van der Waals surface area contributed by atoms with E-state index in [1.54, 1.807) is 0 Å². The van der Waals surface area contributed by atoms with Crippen LogP contribution in [0.5, 0.6) is 0 Å². The lowest BCUT2D eigenvalue weighted by Crippen LogP contribution is -1.93. The Kier molecular flexibility index (Phi) is 1.20. The summed E-state index contributed by atoms with van der Waals surface area (Å²) < 4.78 is 2.12. The van der Waals surface area contributed by atoms with E-state index in [-0.39, 0.29) is 0 Å². The number of anilines is 1. The molecule has 2 aromatic heterocycles. The Hall–Kier alpha value is -1.51. The van der Waals surface area contributed by atoms with Gasteiger partial charge in [-0.05, 0) is 31.4 Å². The second kappa shape index (κ2) is 2.25. The van der Waals surface area contributed by atoms with Gasteiger partial charge in [0.15, 0.2) is 0 Å². The minimum atomic E-state index is 0.805. The molecular formula is C10H11N3. The van der Waals surface area contributed by atoms with Gasteiger partial charge in [0.05, 0.1) is 5.69 Å². The highest BCUT2D eigenvalue weighted by molar-refractivity contribution is 5.50. The Bertz CT molecular complexity index is 470. The number of fused-ring (bicyclic) bond motifs is 3. The van der Waals surface area contributed by atoms with Crippen LogP contribution in [0.4, 0.5) is 5.69 Å². The average molecular weight is 173 g/mol. The zero-order valence-corrected chi connectivity index (χ0v) is 7.33. The van der Waals surface area contributed by atoms with Crippen molar-refractivity contribution in [3.63, 3.8) is 0 Å². The van der Waals surface area contributed by atoms with Crippen LogP contribution in [0.15, 0.2) is 18.3 Å². The molecule has 2 aromatic rings. The Morgan fingerprint density at radius 3 is 3.15 bits per heavy atom. The number of aryl methyl sites for hydroxylation is 2. The van der Waals surface area contributed by atoms with Crippen molar-refractivity contribution in [1.29, 1.82) is 0 Å². The number of hydrogen-bond acceptors (Lipinski definition) is 2. The summed E-state index contributed by atoms with van der Waals surface area (Å²) in [6.07, 6.45) is 5.46. The Labute approximate surface area is 76.2 Å². The van der Waals surface area contributed by atoms with Crippen LogP contribution < -0.4 is 5.73 Å². The second-order valence-corrected chi connectivity index (χ2v) is 3.55. The summed E-state index contributed by atoms with van der Waals surface area (Å²) in [6, 6.07) is 3.88. The molecule has 0 fully saturated rings. The predicted octanol–water partition coefficient (Wildman–Crippen LogP) is 1.41. The predicted molar refractivity (Wildman–Crippen MR) is 51.6 cm³/mol. The van der Waals surface area contributed by atoms with Crippen molar-refractivity contribution in [2.75, 3.05) is 5.73 Å². The fourth-order valence-electron chi connectivity index (χ4n) is 2.05. The summed E-state index contributed by atoms with van der Waals surface area (Å²) in [5.74, 6) is 0. The highest BCUT2D eigenvalue weighted by Gasteiger charge is 2.16. The molecule has 0 saturated heterocycles. The van der Waals surface area contributed by atoms with Crippen molar-refractivity contribution in [2.24, 2.45) is 0 Å². The zero-order valence-electron chi connectivity index (χ0n) is 7.33. The number of pyridine rings is 1. The highest BCUT2D eigenvalue weighted by atomic mass is 15.0. The van der Waals surface area contributed by atoms with E-state index in [9.17, 15) is 0 Å². The number of imidazole rings is 1. The van der Waals surface area contributed by atoms with Gasteiger partial charge >= 0.3 is 0 Å². The molecule has 0 radical (unpaired) electrons. The summed E-state index contributed by atoms with van der Waals surface area (Å²) in [5, 5.41) is 0. The summed E-state index contributed by atoms with van der Waals surface area (Å²) >= 11 is 0. The molecule has 0 saturated carbocycles. The molecule has 13 heavy (non-hydrogen) atoms. The van der Waals surface area contributed by atoms with E-state index in [4.69, 9.17) is 5.73 Å². The highest BCUT2D eigenvalue weighted by Crippen LogP contribution is 2.23. The van der Waals surface area contributed by atoms with Crippen molar-refractivity contribution in [3.05, 3.63) is 29.7 Å². The first-order valence-corrected chi connectivity index (χ1v) is 4.60. The standard InChI is InChI=1S/C10H11N3/c11-7-4-5-10-12-8-2-1-3-9(8)13(10)6-7/h4-6H,1-3,11H2. The normalized spacial score (nSPS) is 15.1. The molecule has 0 spiro atoms. The van der Waals surface area contributed by atoms with Crippen LogP contribution in [-0.4, -0.2) is 9.38 Å². The van der Waals surface area contributed by atoms with E-state index >= 15 is 0 Å². The number of rotatable bonds is 0. The quantitative estimate of drug-likeness (QED) is 0.654. The van der Waals surface area contributed by atoms with E-state index in [2.05, 4.69) is 9.38 Å². The van der Waals surface area contributed by atoms with Crippen LogP contribution in [0.3, 0.4) is 0 Å². The summed E-state index contributed by atoms with van der Waals surface area (Å²) in [7, 11) is 0. The Balaban J connectivity index is 2.40. The van der Waals surface area contributed by atoms with Crippen molar-refractivity contribution in [3.8, 4) is 0 Å². The Morgan fingerprint density at radius 2 is 2.23 bits per heavy atom. The van der Waals surface area contributed by atoms with Crippen molar-refractivity contribution < 1.29 is 0 Å². The topological polar surface area (TPSA) is 43.3 Å². The molecule has 2 N–H and O–H groups in total. The van der Waals surface area contributed by atoms with Gasteiger partial charge in [-0.1, -0.05) is 0 Å². The second-order valence-electron chi connectivity index (χ2n) is 3.55. The van der Waals surface area contributed by atoms with E-state index in [0.29, 0.717) is 0 Å². The van der Waals surface area contributed by atoms with Gasteiger partial charge in [0, 0.05) is 17.6 Å². The molecular weight excluding hydrogens is 162 g/mol. The van der Waals surface area contributed by atoms with Crippen molar-refractivity contribution in [2.45, 2.75) is 19.3 Å². The summed E-state index contributed by atoms with van der Waals surface area (Å²) in [5.41, 5.74) is 10.2. The van der Waals surface area contributed by atoms with Crippen LogP contribution in [0.25, 0.3) is 5.65 Å². The maximum absolute atomic E-state index is 5.73. The van der Waals surface area contributed by atoms with Crippen molar-refractivity contribution in [1.82, 2.24) is 9.38 Å². The summed E-state index contributed by atoms with van der Waals surface area (Å²) in [6.45, 7) is 0. The first-order chi connectivity index (χ1) is 6.34. The first kappa shape index (κ1) is 6.95. The van der Waals surface area contributed by atoms with Gasteiger partial charge in [-0.25, -0.2) is 4.98 Å². The van der Waals surface area contributed by atoms with Crippen molar-refractivity contribution >= 4 is 11.3 Å². The molecule has 0 atom stereocenters. The van der Waals surface area contributed by atoms with Crippen LogP contribution in [0.2, 0.25) is 0 Å². The lowest BCUT2D eigenvalue weighted by molar-refractivity contribution is 0.869. The molecule has 1 aliphatic rings. The van der Waals surface area contributed by atoms with Gasteiger partial charge in [0.2, 0.25) is 0 Å². The van der Waals surface area contributed by atoms with Crippen LogP contribution in [0, 0.1) is 0 Å². The first-order valence-electron chi connectivity index (χ1n) is 4.60. The fraction of sp³-hybridized carbons (Fsp3) is 0.300. The van der Waals surface area contributed by atoms with Gasteiger partial charge in [-0.3, -0.25) is 0 Å². The lowest BCUT2D eigenvalue weighted by atomic mass is 10.3. The number of hydrogen-bond donors (Lipinski definition) is 1. The SMILES string of the molecule is Nc1ccc2nc3c(n2c1)CCC3. The largest absolute Gasteiger partial charge is 0.398 e. The third kappa shape index (κ3) is 0.869. The maximum atomic E-state index is 5.73. The zero-order chi connectivity index (χ0) is 8.84. The number of nitrogen functional groups attached to an aromatic ring is 1. The molecule has 0 bridgehead atoms. The van der Waals surface area contributed by atoms with Gasteiger partial charge in [0.1, 0.15) is 5.65 Å². The molecule has 3 rings (SSSR count). The monoisotopic (exact) mass is 173 g/mol. The third-order valence-electron chi connectivity index (χ3n) is 2.65. The third-order valence-corrected chi connectivity index (χ3v) is 2.65. The molecule has 0 amide bonds. The van der Waals surface area contributed by atoms with Gasteiger partial charge in [-0.2, -0.15) is 0 Å². The van der Waals surface area contributed by atoms with Gasteiger partial charge in [-0.15, -0.1) is 0 Å². The Morgan fingerprint density at radius 1 is 1.31 bits per heavy atom. The molecule has 1 aliphatic carbocycles. The smallest absolute Gasteiger partial charge is 0.137 e. The van der Waals surface area contributed by atoms with Gasteiger partial charge in [0.25, 0.3) is 0 Å². The minimum Gasteiger partial charge on any atom is -0.398 e. The average Bonchev–Trinajstić information content (AvgIpc) is 2.64. The molecule has 3 heteroatoms. The van der Waals surface area contributed by atoms with Crippen LogP contribution in [-0.2, 0) is 12.8 Å². The maximum Gasteiger partial charge on any atom is 0.137 e. The van der Waals surface area contributed by atoms with Crippen LogP contribution >= 0.6 is 0 Å². The molecule has 0 unspecified atom stereocenters. The molecule has 0 aromatic carbocycles.